The van der Waals surface area contributed by atoms with Gasteiger partial charge in [0.1, 0.15) is 3.92 Å². The third kappa shape index (κ3) is 2.14. The molecule has 1 aromatic heterocycles. The number of guanidine groups is 1. The molecule has 0 unspecified atom stereocenters. The molecule has 0 radical (unpaired) electrons. The Morgan fingerprint density at radius 1 is 1.61 bits per heavy atom. The number of carbonyl (C=O) groups excluding carboxylic acids is 1. The van der Waals surface area contributed by atoms with Crippen molar-refractivity contribution in [2.75, 3.05) is 7.05 Å². The zero-order chi connectivity index (χ0) is 13.7. The Morgan fingerprint density at radius 3 is 2.72 bits per heavy atom. The molecule has 2 atom stereocenters. The summed E-state index contributed by atoms with van der Waals surface area (Å²) in [6.45, 7) is 1.95. The van der Waals surface area contributed by atoms with E-state index in [0.29, 0.717) is 0 Å². The van der Waals surface area contributed by atoms with E-state index in [9.17, 15) is 4.79 Å². The Labute approximate surface area is 139 Å². The van der Waals surface area contributed by atoms with Gasteiger partial charge in [0.15, 0.2) is 5.96 Å². The average Bonchev–Trinajstić information content (AvgIpc) is 2.65. The molecule has 98 valence electrons. The summed E-state index contributed by atoms with van der Waals surface area (Å²) >= 11 is 10.7. The summed E-state index contributed by atoms with van der Waals surface area (Å²) in [5.74, 6) is 0.0742. The van der Waals surface area contributed by atoms with Gasteiger partial charge in [0.25, 0.3) is 0 Å². The minimum atomic E-state index is -0.573. The van der Waals surface area contributed by atoms with Gasteiger partial charge in [0, 0.05) is 26.3 Å². The zero-order valence-corrected chi connectivity index (χ0v) is 15.7. The molecule has 2 N–H and O–H groups in total. The van der Waals surface area contributed by atoms with E-state index in [-0.39, 0.29) is 15.8 Å². The maximum atomic E-state index is 12.2. The van der Waals surface area contributed by atoms with Crippen LogP contribution in [-0.4, -0.2) is 27.7 Å². The van der Waals surface area contributed by atoms with Crippen molar-refractivity contribution >= 4 is 77.7 Å². The predicted octanol–water partition coefficient (Wildman–Crippen LogP) is 3.29. The highest BCUT2D eigenvalue weighted by molar-refractivity contribution is 14.1. The number of nitrogens with zero attached hydrogens (tertiary/aromatic N) is 1. The summed E-state index contributed by atoms with van der Waals surface area (Å²) in [5, 5.41) is 13.0. The van der Waals surface area contributed by atoms with Gasteiger partial charge in [-0.3, -0.25) is 15.1 Å². The molecule has 1 aliphatic heterocycles. The standard InChI is InChI=1S/C10H10Br2IN3OS/c1-10(7-5(12)4(11)3-18-7)6(13)8(17)16(2)9(14)15-10/h3,6H,1-2H3,(H2,14,15)/t6-,10-/m0/s1. The monoisotopic (exact) mass is 505 g/mol. The smallest absolute Gasteiger partial charge is 0.244 e. The quantitative estimate of drug-likeness (QED) is 0.454. The molecule has 18 heavy (non-hydrogen) atoms. The van der Waals surface area contributed by atoms with Crippen LogP contribution in [0.15, 0.2) is 14.3 Å². The van der Waals surface area contributed by atoms with E-state index < -0.39 is 5.54 Å². The highest BCUT2D eigenvalue weighted by Gasteiger charge is 2.48. The van der Waals surface area contributed by atoms with Crippen molar-refractivity contribution in [1.29, 1.82) is 5.41 Å². The van der Waals surface area contributed by atoms with E-state index in [0.717, 1.165) is 13.8 Å². The van der Waals surface area contributed by atoms with Crippen LogP contribution in [0.3, 0.4) is 0 Å². The summed E-state index contributed by atoms with van der Waals surface area (Å²) in [5.41, 5.74) is -0.573. The van der Waals surface area contributed by atoms with Crippen LogP contribution in [-0.2, 0) is 10.3 Å². The van der Waals surface area contributed by atoms with Gasteiger partial charge in [-0.15, -0.1) is 11.3 Å². The Hall–Kier alpha value is 0.330. The first-order valence-corrected chi connectivity index (χ1v) is 8.71. The highest BCUT2D eigenvalue weighted by Crippen LogP contribution is 2.44. The van der Waals surface area contributed by atoms with Crippen molar-refractivity contribution in [2.24, 2.45) is 0 Å². The van der Waals surface area contributed by atoms with E-state index in [4.69, 9.17) is 5.41 Å². The molecule has 0 aromatic carbocycles. The van der Waals surface area contributed by atoms with Crippen LogP contribution in [0.4, 0.5) is 0 Å². The van der Waals surface area contributed by atoms with Gasteiger partial charge in [-0.1, -0.05) is 22.6 Å². The maximum Gasteiger partial charge on any atom is 0.244 e. The van der Waals surface area contributed by atoms with Gasteiger partial charge in [0.05, 0.1) is 5.54 Å². The maximum absolute atomic E-state index is 12.2. The first-order valence-electron chi connectivity index (χ1n) is 5.00. The van der Waals surface area contributed by atoms with E-state index in [2.05, 4.69) is 59.8 Å². The second-order valence-corrected chi connectivity index (χ2v) is 7.94. The molecular formula is C10H10Br2IN3OS. The normalized spacial score (nSPS) is 28.5. The lowest BCUT2D eigenvalue weighted by molar-refractivity contribution is -0.128. The molecule has 1 aliphatic rings. The Balaban J connectivity index is 2.50. The summed E-state index contributed by atoms with van der Waals surface area (Å²) in [6.07, 6.45) is 0. The van der Waals surface area contributed by atoms with Crippen LogP contribution in [0.2, 0.25) is 0 Å². The van der Waals surface area contributed by atoms with Crippen molar-refractivity contribution in [3.63, 3.8) is 0 Å². The van der Waals surface area contributed by atoms with Gasteiger partial charge in [-0.2, -0.15) is 0 Å². The van der Waals surface area contributed by atoms with Crippen molar-refractivity contribution in [3.05, 3.63) is 19.2 Å². The molecule has 1 saturated heterocycles. The van der Waals surface area contributed by atoms with E-state index in [1.807, 2.05) is 12.3 Å². The van der Waals surface area contributed by atoms with Crippen LogP contribution < -0.4 is 5.32 Å². The predicted molar refractivity (Wildman–Crippen MR) is 88.5 cm³/mol. The molecule has 4 nitrogen and oxygen atoms in total. The largest absolute Gasteiger partial charge is 0.344 e. The van der Waals surface area contributed by atoms with Gasteiger partial charge in [0.2, 0.25) is 5.91 Å². The van der Waals surface area contributed by atoms with Gasteiger partial charge < -0.3 is 5.32 Å². The second kappa shape index (κ2) is 5.02. The minimum Gasteiger partial charge on any atom is -0.344 e. The molecule has 0 spiro atoms. The molecule has 2 heterocycles. The van der Waals surface area contributed by atoms with Crippen LogP contribution in [0.5, 0.6) is 0 Å². The van der Waals surface area contributed by atoms with E-state index in [1.54, 1.807) is 18.4 Å². The topological polar surface area (TPSA) is 56.2 Å². The number of amides is 1. The van der Waals surface area contributed by atoms with E-state index >= 15 is 0 Å². The number of halogens is 3. The van der Waals surface area contributed by atoms with Crippen molar-refractivity contribution < 1.29 is 4.79 Å². The fraction of sp³-hybridized carbons (Fsp3) is 0.400. The molecule has 0 bridgehead atoms. The SMILES string of the molecule is CN1C(=N)N[C@](C)(c2scc(Br)c2Br)[C@@H](I)C1=O. The van der Waals surface area contributed by atoms with Gasteiger partial charge >= 0.3 is 0 Å². The first-order chi connectivity index (χ1) is 8.29. The molecule has 0 saturated carbocycles. The minimum absolute atomic E-state index is 0.0572. The number of rotatable bonds is 1. The molecular weight excluding hydrogens is 497 g/mol. The lowest BCUT2D eigenvalue weighted by Crippen LogP contribution is -2.64. The summed E-state index contributed by atoms with van der Waals surface area (Å²) < 4.78 is 1.64. The third-order valence-corrected chi connectivity index (χ3v) is 8.47. The second-order valence-electron chi connectivity index (χ2n) is 4.16. The highest BCUT2D eigenvalue weighted by atomic mass is 127. The van der Waals surface area contributed by atoms with Crippen LogP contribution >= 0.6 is 65.8 Å². The summed E-state index contributed by atoms with van der Waals surface area (Å²) in [7, 11) is 1.61. The zero-order valence-electron chi connectivity index (χ0n) is 9.55. The lowest BCUT2D eigenvalue weighted by Gasteiger charge is -2.42. The summed E-state index contributed by atoms with van der Waals surface area (Å²) in [6, 6.07) is 0. The average molecular weight is 507 g/mol. The fourth-order valence-electron chi connectivity index (χ4n) is 1.77. The fourth-order valence-corrected chi connectivity index (χ4v) is 5.40. The van der Waals surface area contributed by atoms with Crippen molar-refractivity contribution in [3.8, 4) is 0 Å². The number of hydrogen-bond acceptors (Lipinski definition) is 3. The van der Waals surface area contributed by atoms with Crippen LogP contribution in [0.25, 0.3) is 0 Å². The molecule has 1 aromatic rings. The third-order valence-electron chi connectivity index (χ3n) is 2.93. The first kappa shape index (κ1) is 14.7. The van der Waals surface area contributed by atoms with Crippen molar-refractivity contribution in [2.45, 2.75) is 16.4 Å². The van der Waals surface area contributed by atoms with Crippen LogP contribution in [0.1, 0.15) is 11.8 Å². The van der Waals surface area contributed by atoms with E-state index in [1.165, 1.54) is 4.90 Å². The van der Waals surface area contributed by atoms with Gasteiger partial charge in [-0.25, -0.2) is 0 Å². The Bertz CT molecular complexity index is 535. The number of hydrogen-bond donors (Lipinski definition) is 2. The van der Waals surface area contributed by atoms with Crippen molar-refractivity contribution in [1.82, 2.24) is 10.2 Å². The number of carbonyl (C=O) groups is 1. The van der Waals surface area contributed by atoms with Crippen LogP contribution in [0, 0.1) is 5.41 Å². The number of alkyl halides is 1. The Morgan fingerprint density at radius 2 is 2.22 bits per heavy atom. The molecule has 2 rings (SSSR count). The molecule has 0 aliphatic carbocycles. The Kier molecular flexibility index (Phi) is 4.11. The number of thiophene rings is 1. The number of nitrogens with one attached hydrogen (secondary N) is 2. The summed E-state index contributed by atoms with van der Waals surface area (Å²) in [4.78, 5) is 14.5. The molecule has 1 fully saturated rings. The lowest BCUT2D eigenvalue weighted by atomic mass is 9.93. The molecule has 1 amide bonds. The molecule has 8 heteroatoms. The van der Waals surface area contributed by atoms with Gasteiger partial charge in [-0.05, 0) is 38.8 Å².